The Morgan fingerprint density at radius 1 is 1.42 bits per heavy atom. The Balaban J connectivity index is 2.30. The number of hydrogen-bond acceptors (Lipinski definition) is 4. The molecule has 0 spiro atoms. The normalized spacial score (nSPS) is 12.6. The van der Waals surface area contributed by atoms with Crippen LogP contribution in [0.15, 0.2) is 18.2 Å². The molecule has 5 nitrogen and oxygen atoms in total. The van der Waals surface area contributed by atoms with Crippen molar-refractivity contribution in [1.82, 2.24) is 20.2 Å². The maximum atomic E-state index is 13.2. The number of unbranched alkanes of at least 4 members (excludes halogenated alkanes) is 1. The predicted octanol–water partition coefficient (Wildman–Crippen LogP) is 2.81. The Morgan fingerprint density at radius 3 is 2.89 bits per heavy atom. The summed E-state index contributed by atoms with van der Waals surface area (Å²) in [6.07, 6.45) is 3.25. The minimum absolute atomic E-state index is 0.105. The summed E-state index contributed by atoms with van der Waals surface area (Å²) in [5, 5.41) is 11.7. The lowest BCUT2D eigenvalue weighted by atomic mass is 10.1. The summed E-state index contributed by atoms with van der Waals surface area (Å²) in [4.78, 5) is 0. The molecule has 2 N–H and O–H groups in total. The molecule has 0 bridgehead atoms. The monoisotopic (exact) mass is 263 g/mol. The second-order valence-corrected chi connectivity index (χ2v) is 4.67. The molecule has 1 atom stereocenters. The summed E-state index contributed by atoms with van der Waals surface area (Å²) in [6, 6.07) is 4.74. The van der Waals surface area contributed by atoms with Gasteiger partial charge in [-0.05, 0) is 42.0 Å². The van der Waals surface area contributed by atoms with E-state index in [2.05, 4.69) is 29.4 Å². The number of rotatable bonds is 5. The van der Waals surface area contributed by atoms with E-state index in [9.17, 15) is 4.39 Å². The molecular weight excluding hydrogens is 245 g/mol. The Hall–Kier alpha value is -1.98. The molecule has 0 amide bonds. The van der Waals surface area contributed by atoms with Crippen LogP contribution in [0.5, 0.6) is 0 Å². The van der Waals surface area contributed by atoms with Crippen LogP contribution in [-0.4, -0.2) is 20.2 Å². The van der Waals surface area contributed by atoms with Gasteiger partial charge < -0.3 is 5.73 Å². The molecule has 102 valence electrons. The molecule has 0 saturated carbocycles. The van der Waals surface area contributed by atoms with E-state index in [-0.39, 0.29) is 11.7 Å². The van der Waals surface area contributed by atoms with Crippen molar-refractivity contribution in [3.8, 4) is 11.4 Å². The minimum atomic E-state index is -0.429. The van der Waals surface area contributed by atoms with Gasteiger partial charge in [0.05, 0.1) is 11.7 Å². The molecule has 0 aliphatic carbocycles. The van der Waals surface area contributed by atoms with Crippen molar-refractivity contribution in [3.05, 3.63) is 24.0 Å². The largest absolute Gasteiger partial charge is 0.396 e. The lowest BCUT2D eigenvalue weighted by molar-refractivity contribution is 0.437. The molecular formula is C13H18FN5. The first kappa shape index (κ1) is 13.5. The Bertz CT molecular complexity index is 552. The summed E-state index contributed by atoms with van der Waals surface area (Å²) in [7, 11) is 0. The van der Waals surface area contributed by atoms with Gasteiger partial charge in [0.15, 0.2) is 5.82 Å². The van der Waals surface area contributed by atoms with Crippen molar-refractivity contribution in [3.63, 3.8) is 0 Å². The van der Waals surface area contributed by atoms with Gasteiger partial charge in [-0.25, -0.2) is 9.07 Å². The molecule has 2 rings (SSSR count). The molecule has 0 aliphatic rings. The van der Waals surface area contributed by atoms with E-state index in [0.717, 1.165) is 24.8 Å². The molecule has 1 aromatic carbocycles. The van der Waals surface area contributed by atoms with Crippen LogP contribution >= 0.6 is 0 Å². The lowest BCUT2D eigenvalue weighted by Gasteiger charge is -2.13. The quantitative estimate of drug-likeness (QED) is 0.842. The predicted molar refractivity (Wildman–Crippen MR) is 71.9 cm³/mol. The molecule has 19 heavy (non-hydrogen) atoms. The van der Waals surface area contributed by atoms with Crippen LogP contribution in [0, 0.1) is 5.82 Å². The van der Waals surface area contributed by atoms with Gasteiger partial charge in [-0.2, -0.15) is 0 Å². The number of hydrogen-bond donors (Lipinski definition) is 1. The summed E-state index contributed by atoms with van der Waals surface area (Å²) in [6.45, 7) is 4.22. The first-order valence-corrected chi connectivity index (χ1v) is 6.46. The number of halogens is 1. The Kier molecular flexibility index (Phi) is 4.09. The van der Waals surface area contributed by atoms with Gasteiger partial charge >= 0.3 is 0 Å². The van der Waals surface area contributed by atoms with Crippen LogP contribution in [0.1, 0.15) is 39.2 Å². The maximum absolute atomic E-state index is 13.2. The third-order valence-electron chi connectivity index (χ3n) is 3.14. The Morgan fingerprint density at radius 2 is 2.21 bits per heavy atom. The van der Waals surface area contributed by atoms with Crippen LogP contribution < -0.4 is 5.73 Å². The highest BCUT2D eigenvalue weighted by atomic mass is 19.1. The molecule has 0 aliphatic heterocycles. The van der Waals surface area contributed by atoms with Crippen LogP contribution in [0.4, 0.5) is 10.1 Å². The highest BCUT2D eigenvalue weighted by Gasteiger charge is 2.15. The van der Waals surface area contributed by atoms with E-state index in [0.29, 0.717) is 5.82 Å². The number of anilines is 1. The van der Waals surface area contributed by atoms with E-state index >= 15 is 0 Å². The van der Waals surface area contributed by atoms with Gasteiger partial charge in [0.1, 0.15) is 5.82 Å². The zero-order valence-corrected chi connectivity index (χ0v) is 11.2. The van der Waals surface area contributed by atoms with Gasteiger partial charge in [-0.3, -0.25) is 0 Å². The zero-order valence-electron chi connectivity index (χ0n) is 11.2. The summed E-state index contributed by atoms with van der Waals surface area (Å²) in [5.74, 6) is 0.192. The molecule has 1 aromatic heterocycles. The van der Waals surface area contributed by atoms with Crippen molar-refractivity contribution in [2.24, 2.45) is 0 Å². The highest BCUT2D eigenvalue weighted by molar-refractivity contribution is 5.61. The summed E-state index contributed by atoms with van der Waals surface area (Å²) in [5.41, 5.74) is 6.41. The van der Waals surface area contributed by atoms with Crippen molar-refractivity contribution >= 4 is 5.69 Å². The highest BCUT2D eigenvalue weighted by Crippen LogP contribution is 2.24. The van der Waals surface area contributed by atoms with Crippen LogP contribution in [0.25, 0.3) is 11.4 Å². The van der Waals surface area contributed by atoms with Crippen LogP contribution in [0.2, 0.25) is 0 Å². The second-order valence-electron chi connectivity index (χ2n) is 4.67. The minimum Gasteiger partial charge on any atom is -0.396 e. The molecule has 0 saturated heterocycles. The summed E-state index contributed by atoms with van der Waals surface area (Å²) < 4.78 is 14.9. The lowest BCUT2D eigenvalue weighted by Crippen LogP contribution is -2.09. The van der Waals surface area contributed by atoms with Crippen molar-refractivity contribution in [1.29, 1.82) is 0 Å². The van der Waals surface area contributed by atoms with E-state index in [4.69, 9.17) is 5.73 Å². The number of nitrogens with zero attached hydrogens (tertiary/aromatic N) is 4. The van der Waals surface area contributed by atoms with Crippen molar-refractivity contribution in [2.45, 2.75) is 39.2 Å². The van der Waals surface area contributed by atoms with Crippen LogP contribution in [-0.2, 0) is 0 Å². The van der Waals surface area contributed by atoms with Crippen molar-refractivity contribution < 1.29 is 4.39 Å². The molecule has 0 radical (unpaired) electrons. The number of nitrogen functional groups attached to an aromatic ring is 1. The smallest absolute Gasteiger partial charge is 0.182 e. The molecule has 0 fully saturated rings. The van der Waals surface area contributed by atoms with Gasteiger partial charge in [0, 0.05) is 5.56 Å². The first-order chi connectivity index (χ1) is 9.13. The molecule has 6 heteroatoms. The fourth-order valence-electron chi connectivity index (χ4n) is 1.99. The molecule has 2 aromatic rings. The van der Waals surface area contributed by atoms with E-state index < -0.39 is 5.82 Å². The standard InChI is InChI=1S/C13H18FN5/c1-3-4-5-9(2)19-13(16-17-18-19)10-6-7-11(14)12(15)8-10/h6-9H,3-5,15H2,1-2H3. The topological polar surface area (TPSA) is 69.6 Å². The van der Waals surface area contributed by atoms with Crippen molar-refractivity contribution in [2.75, 3.05) is 5.73 Å². The number of aromatic nitrogens is 4. The zero-order chi connectivity index (χ0) is 13.8. The first-order valence-electron chi connectivity index (χ1n) is 6.46. The number of nitrogens with two attached hydrogens (primary N) is 1. The van der Waals surface area contributed by atoms with E-state index in [1.54, 1.807) is 16.8 Å². The molecule has 1 heterocycles. The van der Waals surface area contributed by atoms with Gasteiger partial charge in [-0.15, -0.1) is 5.10 Å². The maximum Gasteiger partial charge on any atom is 0.182 e. The average molecular weight is 263 g/mol. The summed E-state index contributed by atoms with van der Waals surface area (Å²) >= 11 is 0. The van der Waals surface area contributed by atoms with Gasteiger partial charge in [0.25, 0.3) is 0 Å². The fraction of sp³-hybridized carbons (Fsp3) is 0.462. The Labute approximate surface area is 111 Å². The second kappa shape index (κ2) is 5.77. The third-order valence-corrected chi connectivity index (χ3v) is 3.14. The number of tetrazole rings is 1. The molecule has 1 unspecified atom stereocenters. The van der Waals surface area contributed by atoms with Gasteiger partial charge in [0.2, 0.25) is 0 Å². The third kappa shape index (κ3) is 2.89. The van der Waals surface area contributed by atoms with Crippen LogP contribution in [0.3, 0.4) is 0 Å². The number of benzene rings is 1. The van der Waals surface area contributed by atoms with E-state index in [1.165, 1.54) is 6.07 Å². The van der Waals surface area contributed by atoms with Gasteiger partial charge in [-0.1, -0.05) is 19.8 Å². The van der Waals surface area contributed by atoms with E-state index in [1.807, 2.05) is 0 Å². The SMILES string of the molecule is CCCCC(C)n1nnnc1-c1ccc(F)c(N)c1. The fourth-order valence-corrected chi connectivity index (χ4v) is 1.99. The average Bonchev–Trinajstić information content (AvgIpc) is 2.88.